The molecule has 0 unspecified atom stereocenters. The molecular weight excluding hydrogens is 347 g/mol. The minimum atomic E-state index is -1.62. The minimum absolute atomic E-state index is 0.0230. The quantitative estimate of drug-likeness (QED) is 0.735. The highest BCUT2D eigenvalue weighted by molar-refractivity contribution is 6.34. The molecule has 3 rings (SSSR count). The zero-order valence-corrected chi connectivity index (χ0v) is 12.4. The number of tetrazole rings is 1. The van der Waals surface area contributed by atoms with Crippen LogP contribution in [0.3, 0.4) is 0 Å². The van der Waals surface area contributed by atoms with E-state index in [9.17, 15) is 18.0 Å². The summed E-state index contributed by atoms with van der Waals surface area (Å²) in [5, 5.41) is 13.0. The third-order valence-corrected chi connectivity index (χ3v) is 3.38. The number of anilines is 1. The lowest BCUT2D eigenvalue weighted by molar-refractivity contribution is 0.102. The number of benzene rings is 2. The first-order valence-corrected chi connectivity index (χ1v) is 6.82. The Morgan fingerprint density at radius 3 is 2.46 bits per heavy atom. The first-order chi connectivity index (χ1) is 11.5. The summed E-state index contributed by atoms with van der Waals surface area (Å²) < 4.78 is 40.6. The molecule has 10 heteroatoms. The van der Waals surface area contributed by atoms with Crippen molar-refractivity contribution in [1.82, 2.24) is 20.2 Å². The molecule has 0 spiro atoms. The lowest BCUT2D eigenvalue weighted by atomic mass is 10.1. The third-order valence-electron chi connectivity index (χ3n) is 3.05. The molecule has 1 N–H and O–H groups in total. The van der Waals surface area contributed by atoms with E-state index in [0.717, 1.165) is 0 Å². The van der Waals surface area contributed by atoms with Crippen LogP contribution in [0.4, 0.5) is 18.9 Å². The number of halogens is 4. The summed E-state index contributed by atoms with van der Waals surface area (Å²) >= 11 is 5.98. The Bertz CT molecular complexity index is 894. The number of hydrogen-bond donors (Lipinski definition) is 1. The Morgan fingerprint density at radius 1 is 1.12 bits per heavy atom. The molecule has 0 fully saturated rings. The molecule has 0 saturated heterocycles. The summed E-state index contributed by atoms with van der Waals surface area (Å²) in [6, 6.07) is 5.74. The van der Waals surface area contributed by atoms with Crippen LogP contribution in [-0.2, 0) is 0 Å². The number of amides is 1. The van der Waals surface area contributed by atoms with Crippen molar-refractivity contribution < 1.29 is 18.0 Å². The number of nitrogens with zero attached hydrogens (tertiary/aromatic N) is 4. The molecule has 0 aliphatic heterocycles. The van der Waals surface area contributed by atoms with E-state index in [1.54, 1.807) is 6.07 Å². The molecule has 2 aromatic carbocycles. The van der Waals surface area contributed by atoms with Gasteiger partial charge in [0, 0.05) is 17.8 Å². The average Bonchev–Trinajstić information content (AvgIpc) is 3.07. The predicted molar refractivity (Wildman–Crippen MR) is 78.4 cm³/mol. The zero-order chi connectivity index (χ0) is 17.3. The van der Waals surface area contributed by atoms with Gasteiger partial charge in [0.05, 0.1) is 16.3 Å². The Balaban J connectivity index is 1.91. The molecule has 0 radical (unpaired) electrons. The summed E-state index contributed by atoms with van der Waals surface area (Å²) in [6.07, 6.45) is 1.32. The van der Waals surface area contributed by atoms with E-state index >= 15 is 0 Å². The van der Waals surface area contributed by atoms with Crippen molar-refractivity contribution in [1.29, 1.82) is 0 Å². The lowest BCUT2D eigenvalue weighted by Gasteiger charge is -2.09. The van der Waals surface area contributed by atoms with Crippen molar-refractivity contribution in [3.63, 3.8) is 0 Å². The third kappa shape index (κ3) is 3.06. The van der Waals surface area contributed by atoms with E-state index in [1.165, 1.54) is 23.1 Å². The van der Waals surface area contributed by atoms with Crippen LogP contribution in [0, 0.1) is 17.5 Å². The van der Waals surface area contributed by atoms with E-state index in [1.807, 2.05) is 0 Å². The van der Waals surface area contributed by atoms with Gasteiger partial charge in [0.25, 0.3) is 5.91 Å². The van der Waals surface area contributed by atoms with E-state index in [-0.39, 0.29) is 16.3 Å². The molecule has 1 amide bonds. The Labute approximate surface area is 137 Å². The first kappa shape index (κ1) is 15.9. The summed E-state index contributed by atoms with van der Waals surface area (Å²) in [5.41, 5.74) is 0.223. The number of rotatable bonds is 3. The smallest absolute Gasteiger partial charge is 0.257 e. The monoisotopic (exact) mass is 353 g/mol. The van der Waals surface area contributed by atoms with Crippen molar-refractivity contribution in [2.24, 2.45) is 0 Å². The SMILES string of the molecule is O=C(Nc1cc(F)c(F)c(F)c1)c1cc(-n2cnnn2)ccc1Cl. The molecule has 3 aromatic rings. The van der Waals surface area contributed by atoms with Crippen molar-refractivity contribution in [2.45, 2.75) is 0 Å². The highest BCUT2D eigenvalue weighted by Gasteiger charge is 2.16. The second-order valence-electron chi connectivity index (χ2n) is 4.63. The second-order valence-corrected chi connectivity index (χ2v) is 5.03. The molecule has 24 heavy (non-hydrogen) atoms. The fourth-order valence-corrected chi connectivity index (χ4v) is 2.14. The fraction of sp³-hybridized carbons (Fsp3) is 0. The topological polar surface area (TPSA) is 72.7 Å². The number of nitrogens with one attached hydrogen (secondary N) is 1. The highest BCUT2D eigenvalue weighted by Crippen LogP contribution is 2.22. The van der Waals surface area contributed by atoms with Gasteiger partial charge in [-0.3, -0.25) is 4.79 Å². The van der Waals surface area contributed by atoms with Crippen LogP contribution in [0.1, 0.15) is 10.4 Å². The summed E-state index contributed by atoms with van der Waals surface area (Å²) in [7, 11) is 0. The molecule has 0 aliphatic rings. The molecule has 0 atom stereocenters. The molecular formula is C14H7ClF3N5O. The zero-order valence-electron chi connectivity index (χ0n) is 11.7. The normalized spacial score (nSPS) is 10.7. The van der Waals surface area contributed by atoms with Gasteiger partial charge < -0.3 is 5.32 Å². The van der Waals surface area contributed by atoms with Gasteiger partial charge in [-0.15, -0.1) is 5.10 Å². The van der Waals surface area contributed by atoms with Crippen LogP contribution in [-0.4, -0.2) is 26.1 Å². The summed E-state index contributed by atoms with van der Waals surface area (Å²) in [5.74, 6) is -5.19. The van der Waals surface area contributed by atoms with Crippen LogP contribution in [0.15, 0.2) is 36.7 Å². The van der Waals surface area contributed by atoms with Gasteiger partial charge >= 0.3 is 0 Å². The predicted octanol–water partition coefficient (Wildman–Crippen LogP) is 2.99. The standard InChI is InChI=1S/C14H7ClF3N5O/c15-10-2-1-8(23-6-19-21-22-23)5-9(10)14(24)20-7-3-11(16)13(18)12(17)4-7/h1-6H,(H,20,24). The number of hydrogen-bond acceptors (Lipinski definition) is 4. The van der Waals surface area contributed by atoms with E-state index < -0.39 is 23.4 Å². The minimum Gasteiger partial charge on any atom is -0.322 e. The van der Waals surface area contributed by atoms with Crippen molar-refractivity contribution in [3.8, 4) is 5.69 Å². The van der Waals surface area contributed by atoms with Gasteiger partial charge in [0.2, 0.25) is 0 Å². The van der Waals surface area contributed by atoms with Gasteiger partial charge in [0.15, 0.2) is 17.5 Å². The maximum absolute atomic E-state index is 13.2. The van der Waals surface area contributed by atoms with Crippen LogP contribution in [0.25, 0.3) is 5.69 Å². The fourth-order valence-electron chi connectivity index (χ4n) is 1.94. The molecule has 0 saturated carbocycles. The number of carbonyl (C=O) groups excluding carboxylic acids is 1. The first-order valence-electron chi connectivity index (χ1n) is 6.44. The summed E-state index contributed by atoms with van der Waals surface area (Å²) in [6.45, 7) is 0. The summed E-state index contributed by atoms with van der Waals surface area (Å²) in [4.78, 5) is 12.3. The van der Waals surface area contributed by atoms with Crippen molar-refractivity contribution >= 4 is 23.2 Å². The van der Waals surface area contributed by atoms with Crippen LogP contribution in [0.2, 0.25) is 5.02 Å². The van der Waals surface area contributed by atoms with Crippen LogP contribution >= 0.6 is 11.6 Å². The second kappa shape index (κ2) is 6.28. The molecule has 0 aliphatic carbocycles. The molecule has 6 nitrogen and oxygen atoms in total. The Kier molecular flexibility index (Phi) is 4.17. The Hall–Kier alpha value is -2.94. The lowest BCUT2D eigenvalue weighted by Crippen LogP contribution is -2.14. The van der Waals surface area contributed by atoms with Crippen molar-refractivity contribution in [3.05, 3.63) is 64.7 Å². The van der Waals surface area contributed by atoms with Gasteiger partial charge in [-0.1, -0.05) is 11.6 Å². The van der Waals surface area contributed by atoms with Gasteiger partial charge in [0.1, 0.15) is 6.33 Å². The van der Waals surface area contributed by atoms with E-state index in [4.69, 9.17) is 11.6 Å². The van der Waals surface area contributed by atoms with Crippen molar-refractivity contribution in [2.75, 3.05) is 5.32 Å². The molecule has 1 heterocycles. The molecule has 122 valence electrons. The van der Waals surface area contributed by atoms with Crippen LogP contribution in [0.5, 0.6) is 0 Å². The number of carbonyl (C=O) groups is 1. The average molecular weight is 354 g/mol. The molecule has 0 bridgehead atoms. The van der Waals surface area contributed by atoms with Crippen LogP contribution < -0.4 is 5.32 Å². The van der Waals surface area contributed by atoms with Gasteiger partial charge in [-0.05, 0) is 28.6 Å². The highest BCUT2D eigenvalue weighted by atomic mass is 35.5. The van der Waals surface area contributed by atoms with E-state index in [0.29, 0.717) is 17.8 Å². The molecule has 1 aromatic heterocycles. The van der Waals surface area contributed by atoms with E-state index in [2.05, 4.69) is 20.8 Å². The van der Waals surface area contributed by atoms with Gasteiger partial charge in [-0.25, -0.2) is 17.9 Å². The van der Waals surface area contributed by atoms with Gasteiger partial charge in [-0.2, -0.15) is 0 Å². The largest absolute Gasteiger partial charge is 0.322 e. The number of aromatic nitrogens is 4. The maximum Gasteiger partial charge on any atom is 0.257 e. The maximum atomic E-state index is 13.2. The Morgan fingerprint density at radius 2 is 1.83 bits per heavy atom.